The summed E-state index contributed by atoms with van der Waals surface area (Å²) in [6.45, 7) is 4.66. The molecule has 1 aromatic rings. The number of hydrogen-bond acceptors (Lipinski definition) is 3. The fourth-order valence-electron chi connectivity index (χ4n) is 3.17. The normalized spacial score (nSPS) is 17.3. The first-order chi connectivity index (χ1) is 10.0. The molecule has 1 aliphatic rings. The van der Waals surface area contributed by atoms with E-state index in [0.717, 1.165) is 36.8 Å². The smallest absolute Gasteiger partial charge is 0.243 e. The van der Waals surface area contributed by atoms with Gasteiger partial charge in [0.2, 0.25) is 10.0 Å². The molecule has 1 aromatic carbocycles. The van der Waals surface area contributed by atoms with Crippen molar-refractivity contribution in [2.75, 3.05) is 6.54 Å². The van der Waals surface area contributed by atoms with Gasteiger partial charge in [0.1, 0.15) is 0 Å². The molecule has 0 bridgehead atoms. The molecule has 118 valence electrons. The molecule has 0 saturated heterocycles. The van der Waals surface area contributed by atoms with Crippen LogP contribution in [0.3, 0.4) is 0 Å². The molecule has 0 unspecified atom stereocenters. The maximum absolute atomic E-state index is 13.0. The second kappa shape index (κ2) is 6.90. The van der Waals surface area contributed by atoms with Crippen LogP contribution < -0.4 is 5.73 Å². The monoisotopic (exact) mass is 310 g/mol. The van der Waals surface area contributed by atoms with E-state index in [9.17, 15) is 8.42 Å². The maximum atomic E-state index is 13.0. The number of nitrogens with two attached hydrogens (primary N) is 1. The quantitative estimate of drug-likeness (QED) is 0.909. The van der Waals surface area contributed by atoms with Gasteiger partial charge in [-0.15, -0.1) is 0 Å². The fraction of sp³-hybridized carbons (Fsp3) is 0.625. The van der Waals surface area contributed by atoms with E-state index in [0.29, 0.717) is 18.0 Å². The number of aryl methyl sites for hydroxylation is 1. The minimum absolute atomic E-state index is 0.148. The van der Waals surface area contributed by atoms with Crippen LogP contribution in [0.1, 0.15) is 50.2 Å². The summed E-state index contributed by atoms with van der Waals surface area (Å²) in [4.78, 5) is 0.415. The molecule has 0 aliphatic heterocycles. The van der Waals surface area contributed by atoms with Crippen molar-refractivity contribution in [2.24, 2.45) is 5.73 Å². The third kappa shape index (κ3) is 3.47. The van der Waals surface area contributed by atoms with E-state index in [-0.39, 0.29) is 6.04 Å². The van der Waals surface area contributed by atoms with Crippen molar-refractivity contribution in [1.29, 1.82) is 0 Å². The van der Waals surface area contributed by atoms with E-state index >= 15 is 0 Å². The zero-order valence-corrected chi connectivity index (χ0v) is 13.8. The fourth-order valence-corrected chi connectivity index (χ4v) is 5.14. The first kappa shape index (κ1) is 16.5. The van der Waals surface area contributed by atoms with E-state index in [2.05, 4.69) is 0 Å². The predicted molar refractivity (Wildman–Crippen MR) is 85.5 cm³/mol. The highest BCUT2D eigenvalue weighted by atomic mass is 32.2. The van der Waals surface area contributed by atoms with Crippen LogP contribution in [-0.2, 0) is 16.6 Å². The third-order valence-corrected chi connectivity index (χ3v) is 6.54. The lowest BCUT2D eigenvalue weighted by Gasteiger charge is -2.33. The molecule has 0 radical (unpaired) electrons. The van der Waals surface area contributed by atoms with Crippen molar-refractivity contribution < 1.29 is 8.42 Å². The van der Waals surface area contributed by atoms with Crippen LogP contribution in [0.4, 0.5) is 0 Å². The van der Waals surface area contributed by atoms with Crippen molar-refractivity contribution in [3.8, 4) is 0 Å². The highest BCUT2D eigenvalue weighted by molar-refractivity contribution is 7.89. The summed E-state index contributed by atoms with van der Waals surface area (Å²) in [5.41, 5.74) is 7.31. The topological polar surface area (TPSA) is 63.4 Å². The van der Waals surface area contributed by atoms with Crippen LogP contribution in [0.15, 0.2) is 23.1 Å². The Morgan fingerprint density at radius 1 is 1.24 bits per heavy atom. The molecule has 1 saturated carbocycles. The van der Waals surface area contributed by atoms with Gasteiger partial charge in [-0.3, -0.25) is 0 Å². The number of nitrogens with zero attached hydrogens (tertiary/aromatic N) is 1. The summed E-state index contributed by atoms with van der Waals surface area (Å²) in [5, 5.41) is 0. The zero-order valence-electron chi connectivity index (χ0n) is 13.0. The molecule has 1 fully saturated rings. The molecule has 0 atom stereocenters. The Morgan fingerprint density at radius 3 is 2.48 bits per heavy atom. The van der Waals surface area contributed by atoms with Gasteiger partial charge in [0, 0.05) is 19.1 Å². The molecule has 0 amide bonds. The van der Waals surface area contributed by atoms with E-state index in [4.69, 9.17) is 5.73 Å². The molecule has 0 spiro atoms. The molecule has 0 heterocycles. The van der Waals surface area contributed by atoms with Gasteiger partial charge in [-0.05, 0) is 37.0 Å². The van der Waals surface area contributed by atoms with Crippen molar-refractivity contribution in [3.05, 3.63) is 29.3 Å². The number of rotatable bonds is 5. The van der Waals surface area contributed by atoms with Crippen LogP contribution in [0.25, 0.3) is 0 Å². The molecule has 21 heavy (non-hydrogen) atoms. The largest absolute Gasteiger partial charge is 0.326 e. The highest BCUT2D eigenvalue weighted by Crippen LogP contribution is 2.29. The molecule has 2 rings (SSSR count). The predicted octanol–water partition coefficient (Wildman–Crippen LogP) is 2.80. The Morgan fingerprint density at radius 2 is 1.90 bits per heavy atom. The van der Waals surface area contributed by atoms with Crippen molar-refractivity contribution in [3.63, 3.8) is 0 Å². The standard InChI is InChI=1S/C16H26N2O2S/c1-3-18(15-7-5-4-6-8-15)21(19,20)16-11-14(12-17)10-9-13(16)2/h9-11,15H,3-8,12,17H2,1-2H3. The Hall–Kier alpha value is -0.910. The van der Waals surface area contributed by atoms with Gasteiger partial charge >= 0.3 is 0 Å². The Balaban J connectivity index is 2.38. The SMILES string of the molecule is CCN(C1CCCCC1)S(=O)(=O)c1cc(CN)ccc1C. The Labute approximate surface area is 128 Å². The Bertz CT molecular complexity index is 578. The average Bonchev–Trinajstić information content (AvgIpc) is 2.49. The third-order valence-electron chi connectivity index (χ3n) is 4.37. The van der Waals surface area contributed by atoms with Gasteiger partial charge in [-0.1, -0.05) is 38.3 Å². The highest BCUT2D eigenvalue weighted by Gasteiger charge is 2.32. The second-order valence-electron chi connectivity index (χ2n) is 5.80. The number of hydrogen-bond donors (Lipinski definition) is 1. The van der Waals surface area contributed by atoms with Gasteiger partial charge < -0.3 is 5.73 Å². The van der Waals surface area contributed by atoms with Crippen LogP contribution in [0.2, 0.25) is 0 Å². The summed E-state index contributed by atoms with van der Waals surface area (Å²) < 4.78 is 27.8. The van der Waals surface area contributed by atoms with Crippen LogP contribution in [0.5, 0.6) is 0 Å². The lowest BCUT2D eigenvalue weighted by molar-refractivity contribution is 0.261. The summed E-state index contributed by atoms with van der Waals surface area (Å²) in [7, 11) is -3.44. The van der Waals surface area contributed by atoms with Crippen LogP contribution in [0, 0.1) is 6.92 Å². The Kier molecular flexibility index (Phi) is 5.41. The van der Waals surface area contributed by atoms with Gasteiger partial charge in [-0.2, -0.15) is 4.31 Å². The lowest BCUT2D eigenvalue weighted by Crippen LogP contribution is -2.41. The summed E-state index contributed by atoms with van der Waals surface area (Å²) in [6, 6.07) is 5.63. The summed E-state index contributed by atoms with van der Waals surface area (Å²) in [6.07, 6.45) is 5.41. The zero-order chi connectivity index (χ0) is 15.5. The maximum Gasteiger partial charge on any atom is 0.243 e. The van der Waals surface area contributed by atoms with E-state index < -0.39 is 10.0 Å². The minimum Gasteiger partial charge on any atom is -0.326 e. The molecule has 5 heteroatoms. The van der Waals surface area contributed by atoms with Gasteiger partial charge in [-0.25, -0.2) is 8.42 Å². The van der Waals surface area contributed by atoms with E-state index in [1.165, 1.54) is 6.42 Å². The van der Waals surface area contributed by atoms with Gasteiger partial charge in [0.05, 0.1) is 4.90 Å². The first-order valence-corrected chi connectivity index (χ1v) is 9.26. The molecule has 2 N–H and O–H groups in total. The molecule has 0 aromatic heterocycles. The average molecular weight is 310 g/mol. The first-order valence-electron chi connectivity index (χ1n) is 7.82. The molecule has 4 nitrogen and oxygen atoms in total. The van der Waals surface area contributed by atoms with Gasteiger partial charge in [0.25, 0.3) is 0 Å². The van der Waals surface area contributed by atoms with Crippen LogP contribution >= 0.6 is 0 Å². The molecule has 1 aliphatic carbocycles. The summed E-state index contributed by atoms with van der Waals surface area (Å²) >= 11 is 0. The minimum atomic E-state index is -3.44. The van der Waals surface area contributed by atoms with Gasteiger partial charge in [0.15, 0.2) is 0 Å². The molecular weight excluding hydrogens is 284 g/mol. The van der Waals surface area contributed by atoms with E-state index in [1.807, 2.05) is 26.0 Å². The second-order valence-corrected chi connectivity index (χ2v) is 7.66. The van der Waals surface area contributed by atoms with Crippen molar-refractivity contribution in [1.82, 2.24) is 4.31 Å². The van der Waals surface area contributed by atoms with E-state index in [1.54, 1.807) is 10.4 Å². The molecular formula is C16H26N2O2S. The number of sulfonamides is 1. The number of benzene rings is 1. The van der Waals surface area contributed by atoms with Crippen molar-refractivity contribution in [2.45, 2.75) is 63.4 Å². The van der Waals surface area contributed by atoms with Crippen molar-refractivity contribution >= 4 is 10.0 Å². The lowest BCUT2D eigenvalue weighted by atomic mass is 9.95. The summed E-state index contributed by atoms with van der Waals surface area (Å²) in [5.74, 6) is 0. The van der Waals surface area contributed by atoms with Crippen LogP contribution in [-0.4, -0.2) is 25.3 Å².